The van der Waals surface area contributed by atoms with Crippen LogP contribution in [0.1, 0.15) is 0 Å². The van der Waals surface area contributed by atoms with E-state index in [1.54, 1.807) is 0 Å². The summed E-state index contributed by atoms with van der Waals surface area (Å²) in [5.41, 5.74) is 0. The quantitative estimate of drug-likeness (QED) is 0.876. The molecule has 6 nitrogen and oxygen atoms in total. The maximum Gasteiger partial charge on any atom is 0.283 e. The average Bonchev–Trinajstić information content (AvgIpc) is 2.30. The van der Waals surface area contributed by atoms with Crippen molar-refractivity contribution in [3.8, 4) is 0 Å². The Kier molecular flexibility index (Phi) is 2.96. The van der Waals surface area contributed by atoms with E-state index in [9.17, 15) is 12.8 Å². The molecule has 0 atom stereocenters. The van der Waals surface area contributed by atoms with Crippen molar-refractivity contribution in [2.75, 3.05) is 4.72 Å². The Balaban J connectivity index is 2.36. The molecular weight excluding hydrogens is 247 g/mol. The molecule has 8 heteroatoms. The number of hydrogen-bond donors (Lipinski definition) is 1. The van der Waals surface area contributed by atoms with Crippen LogP contribution in [-0.2, 0) is 10.0 Å². The van der Waals surface area contributed by atoms with Crippen LogP contribution in [0.4, 0.5) is 10.2 Å². The van der Waals surface area contributed by atoms with E-state index in [0.29, 0.717) is 0 Å². The lowest BCUT2D eigenvalue weighted by Crippen LogP contribution is -2.16. The van der Waals surface area contributed by atoms with Crippen LogP contribution in [0.5, 0.6) is 0 Å². The molecule has 0 aromatic carbocycles. The highest BCUT2D eigenvalue weighted by Crippen LogP contribution is 2.13. The molecule has 0 aliphatic rings. The zero-order chi connectivity index (χ0) is 12.3. The fourth-order valence-electron chi connectivity index (χ4n) is 1.11. The average molecular weight is 254 g/mol. The summed E-state index contributed by atoms with van der Waals surface area (Å²) in [6.45, 7) is 0. The van der Waals surface area contributed by atoms with Gasteiger partial charge in [0.2, 0.25) is 5.03 Å². The Bertz CT molecular complexity index is 618. The van der Waals surface area contributed by atoms with Crippen molar-refractivity contribution < 1.29 is 12.8 Å². The number of anilines is 1. The van der Waals surface area contributed by atoms with E-state index in [1.807, 2.05) is 0 Å². The van der Waals surface area contributed by atoms with Crippen molar-refractivity contribution in [3.05, 3.63) is 42.7 Å². The maximum atomic E-state index is 13.3. The van der Waals surface area contributed by atoms with E-state index in [4.69, 9.17) is 0 Å². The zero-order valence-electron chi connectivity index (χ0n) is 8.41. The minimum atomic E-state index is -4.08. The Morgan fingerprint density at radius 3 is 2.65 bits per heavy atom. The van der Waals surface area contributed by atoms with Crippen LogP contribution in [-0.4, -0.2) is 23.4 Å². The molecule has 2 rings (SSSR count). The molecule has 0 radical (unpaired) electrons. The highest BCUT2D eigenvalue weighted by Gasteiger charge is 2.20. The van der Waals surface area contributed by atoms with Gasteiger partial charge in [-0.2, -0.15) is 8.42 Å². The fraction of sp³-hybridized carbons (Fsp3) is 0. The molecule has 2 aromatic heterocycles. The smallest absolute Gasteiger partial charge is 0.261 e. The summed E-state index contributed by atoms with van der Waals surface area (Å²) in [4.78, 5) is 10.9. The number of aromatic nitrogens is 3. The van der Waals surface area contributed by atoms with Crippen LogP contribution in [0.2, 0.25) is 0 Å². The van der Waals surface area contributed by atoms with E-state index < -0.39 is 20.9 Å². The van der Waals surface area contributed by atoms with Gasteiger partial charge in [-0.25, -0.2) is 14.4 Å². The van der Waals surface area contributed by atoms with Crippen LogP contribution in [0, 0.1) is 5.82 Å². The van der Waals surface area contributed by atoms with E-state index in [1.165, 1.54) is 30.9 Å². The Hall–Kier alpha value is -2.09. The third-order valence-corrected chi connectivity index (χ3v) is 3.07. The molecule has 0 saturated carbocycles. The Labute approximate surface area is 96.6 Å². The summed E-state index contributed by atoms with van der Waals surface area (Å²) in [6, 6.07) is 2.31. The third kappa shape index (κ3) is 2.53. The van der Waals surface area contributed by atoms with E-state index >= 15 is 0 Å². The standard InChI is InChI=1S/C9H7FN4O2S/c10-7-2-1-3-13-9(7)17(15,16)14-8-6-11-4-5-12-8/h1-6H,(H,12,14). The van der Waals surface area contributed by atoms with Crippen molar-refractivity contribution in [1.29, 1.82) is 0 Å². The van der Waals surface area contributed by atoms with Gasteiger partial charge in [0.25, 0.3) is 10.0 Å². The van der Waals surface area contributed by atoms with Crippen LogP contribution < -0.4 is 4.72 Å². The van der Waals surface area contributed by atoms with Gasteiger partial charge in [0.1, 0.15) is 0 Å². The number of nitrogens with one attached hydrogen (secondary N) is 1. The van der Waals surface area contributed by atoms with Crippen molar-refractivity contribution in [1.82, 2.24) is 15.0 Å². The summed E-state index contributed by atoms with van der Waals surface area (Å²) in [6.07, 6.45) is 5.10. The van der Waals surface area contributed by atoms with Gasteiger partial charge in [0, 0.05) is 18.6 Å². The lowest BCUT2D eigenvalue weighted by atomic mass is 10.5. The molecular formula is C9H7FN4O2S. The summed E-state index contributed by atoms with van der Waals surface area (Å²) in [5, 5.41) is -0.675. The lowest BCUT2D eigenvalue weighted by molar-refractivity contribution is 0.556. The molecule has 0 spiro atoms. The molecule has 88 valence electrons. The highest BCUT2D eigenvalue weighted by atomic mass is 32.2. The number of nitrogens with zero attached hydrogens (tertiary/aromatic N) is 3. The molecule has 2 heterocycles. The van der Waals surface area contributed by atoms with Crippen LogP contribution in [0.3, 0.4) is 0 Å². The summed E-state index contributed by atoms with van der Waals surface area (Å²) >= 11 is 0. The minimum Gasteiger partial charge on any atom is -0.261 e. The second kappa shape index (κ2) is 4.42. The molecule has 17 heavy (non-hydrogen) atoms. The fourth-order valence-corrected chi connectivity index (χ4v) is 2.11. The summed E-state index contributed by atoms with van der Waals surface area (Å²) < 4.78 is 38.8. The zero-order valence-corrected chi connectivity index (χ0v) is 9.22. The van der Waals surface area contributed by atoms with Gasteiger partial charge in [-0.05, 0) is 12.1 Å². The van der Waals surface area contributed by atoms with Gasteiger partial charge in [0.05, 0.1) is 6.20 Å². The van der Waals surface area contributed by atoms with Gasteiger partial charge in [-0.3, -0.25) is 9.71 Å². The topological polar surface area (TPSA) is 84.8 Å². The van der Waals surface area contributed by atoms with E-state index in [-0.39, 0.29) is 5.82 Å². The SMILES string of the molecule is O=S(=O)(Nc1cnccn1)c1ncccc1F. The third-order valence-electron chi connectivity index (χ3n) is 1.78. The van der Waals surface area contributed by atoms with Gasteiger partial charge < -0.3 is 0 Å². The van der Waals surface area contributed by atoms with Crippen LogP contribution >= 0.6 is 0 Å². The van der Waals surface area contributed by atoms with Gasteiger partial charge in [-0.1, -0.05) is 0 Å². The first-order valence-electron chi connectivity index (χ1n) is 4.49. The molecule has 0 unspecified atom stereocenters. The number of hydrogen-bond acceptors (Lipinski definition) is 5. The van der Waals surface area contributed by atoms with Crippen LogP contribution in [0.25, 0.3) is 0 Å². The van der Waals surface area contributed by atoms with Gasteiger partial charge in [0.15, 0.2) is 11.6 Å². The summed E-state index contributed by atoms with van der Waals surface area (Å²) in [7, 11) is -4.08. The molecule has 0 aliphatic heterocycles. The molecule has 0 amide bonds. The van der Waals surface area contributed by atoms with Gasteiger partial charge >= 0.3 is 0 Å². The van der Waals surface area contributed by atoms with Crippen molar-refractivity contribution in [2.24, 2.45) is 0 Å². The molecule has 1 N–H and O–H groups in total. The Morgan fingerprint density at radius 1 is 1.18 bits per heavy atom. The lowest BCUT2D eigenvalue weighted by Gasteiger charge is -2.05. The molecule has 0 bridgehead atoms. The first-order chi connectivity index (χ1) is 8.09. The predicted molar refractivity (Wildman–Crippen MR) is 57.0 cm³/mol. The van der Waals surface area contributed by atoms with E-state index in [0.717, 1.165) is 6.07 Å². The molecule has 0 fully saturated rings. The van der Waals surface area contributed by atoms with Crippen molar-refractivity contribution in [2.45, 2.75) is 5.03 Å². The number of pyridine rings is 1. The first kappa shape index (κ1) is 11.4. The van der Waals surface area contributed by atoms with Crippen molar-refractivity contribution >= 4 is 15.8 Å². The maximum absolute atomic E-state index is 13.3. The molecule has 2 aromatic rings. The number of rotatable bonds is 3. The number of sulfonamides is 1. The van der Waals surface area contributed by atoms with Crippen molar-refractivity contribution in [3.63, 3.8) is 0 Å². The molecule has 0 aliphatic carbocycles. The largest absolute Gasteiger partial charge is 0.283 e. The monoisotopic (exact) mass is 254 g/mol. The second-order valence-corrected chi connectivity index (χ2v) is 4.58. The minimum absolute atomic E-state index is 0.00227. The number of halogens is 1. The van der Waals surface area contributed by atoms with E-state index in [2.05, 4.69) is 19.7 Å². The first-order valence-corrected chi connectivity index (χ1v) is 5.97. The summed E-state index contributed by atoms with van der Waals surface area (Å²) in [5.74, 6) is -0.929. The highest BCUT2D eigenvalue weighted by molar-refractivity contribution is 7.92. The van der Waals surface area contributed by atoms with Gasteiger partial charge in [-0.15, -0.1) is 0 Å². The Morgan fingerprint density at radius 2 is 2.00 bits per heavy atom. The molecule has 0 saturated heterocycles. The normalized spacial score (nSPS) is 11.1. The predicted octanol–water partition coefficient (Wildman–Crippen LogP) is 0.811. The van der Waals surface area contributed by atoms with Crippen LogP contribution in [0.15, 0.2) is 41.9 Å². The second-order valence-electron chi connectivity index (χ2n) is 2.99.